The fraction of sp³-hybridized carbons (Fsp3) is 0.278. The topological polar surface area (TPSA) is 43.1 Å². The van der Waals surface area contributed by atoms with Crippen LogP contribution in [-0.2, 0) is 16.6 Å². The first-order valence-electron chi connectivity index (χ1n) is 7.15. The summed E-state index contributed by atoms with van der Waals surface area (Å²) in [5, 5.41) is 0. The third kappa shape index (κ3) is 2.11. The Balaban J connectivity index is 2.20. The molecular formula is C18H19NO. The number of primary amides is 1. The molecule has 0 fully saturated rings. The van der Waals surface area contributed by atoms with Crippen LogP contribution in [-0.4, -0.2) is 5.91 Å². The summed E-state index contributed by atoms with van der Waals surface area (Å²) >= 11 is 0. The van der Waals surface area contributed by atoms with E-state index in [0.717, 1.165) is 19.3 Å². The van der Waals surface area contributed by atoms with Crippen molar-refractivity contribution in [1.29, 1.82) is 0 Å². The monoisotopic (exact) mass is 265 g/mol. The van der Waals surface area contributed by atoms with Gasteiger partial charge in [0.05, 0.1) is 0 Å². The van der Waals surface area contributed by atoms with Crippen molar-refractivity contribution in [2.24, 2.45) is 5.73 Å². The quantitative estimate of drug-likeness (QED) is 0.910. The molecular weight excluding hydrogens is 246 g/mol. The van der Waals surface area contributed by atoms with Crippen LogP contribution in [0.1, 0.15) is 36.0 Å². The molecule has 0 aromatic heterocycles. The van der Waals surface area contributed by atoms with Gasteiger partial charge in [-0.1, -0.05) is 54.6 Å². The Hall–Kier alpha value is -2.09. The molecule has 2 aromatic carbocycles. The average Bonchev–Trinajstić information content (AvgIpc) is 2.48. The van der Waals surface area contributed by atoms with E-state index in [1.165, 1.54) is 16.7 Å². The number of hydrogen-bond acceptors (Lipinski definition) is 1. The zero-order chi connectivity index (χ0) is 14.0. The summed E-state index contributed by atoms with van der Waals surface area (Å²) in [5.74, 6) is -0.231. The molecule has 102 valence electrons. The van der Waals surface area contributed by atoms with Crippen LogP contribution in [0.5, 0.6) is 0 Å². The molecule has 0 aliphatic heterocycles. The van der Waals surface area contributed by atoms with Crippen LogP contribution < -0.4 is 5.73 Å². The second kappa shape index (κ2) is 5.12. The second-order valence-corrected chi connectivity index (χ2v) is 5.60. The highest BCUT2D eigenvalue weighted by atomic mass is 16.1. The van der Waals surface area contributed by atoms with E-state index in [1.807, 2.05) is 18.2 Å². The van der Waals surface area contributed by atoms with Gasteiger partial charge in [-0.2, -0.15) is 0 Å². The number of benzene rings is 2. The van der Waals surface area contributed by atoms with Crippen LogP contribution in [0.15, 0.2) is 54.6 Å². The number of rotatable bonds is 3. The van der Waals surface area contributed by atoms with E-state index in [9.17, 15) is 4.79 Å². The molecule has 2 aromatic rings. The van der Waals surface area contributed by atoms with Gasteiger partial charge in [0.15, 0.2) is 0 Å². The van der Waals surface area contributed by atoms with Crippen molar-refractivity contribution >= 4 is 5.91 Å². The van der Waals surface area contributed by atoms with E-state index < -0.39 is 0 Å². The van der Waals surface area contributed by atoms with E-state index in [1.54, 1.807) is 0 Å². The largest absolute Gasteiger partial charge is 0.370 e. The first-order valence-corrected chi connectivity index (χ1v) is 7.15. The molecule has 2 heteroatoms. The molecule has 1 aliphatic rings. The Morgan fingerprint density at radius 3 is 2.50 bits per heavy atom. The van der Waals surface area contributed by atoms with Crippen molar-refractivity contribution in [2.45, 2.75) is 31.1 Å². The summed E-state index contributed by atoms with van der Waals surface area (Å²) in [6.07, 6.45) is 3.55. The highest BCUT2D eigenvalue weighted by molar-refractivity contribution is 5.77. The molecule has 0 bridgehead atoms. The van der Waals surface area contributed by atoms with Gasteiger partial charge in [-0.3, -0.25) is 4.79 Å². The van der Waals surface area contributed by atoms with Crippen molar-refractivity contribution in [3.63, 3.8) is 0 Å². The lowest BCUT2D eigenvalue weighted by molar-refractivity contribution is -0.119. The summed E-state index contributed by atoms with van der Waals surface area (Å²) in [6, 6.07) is 18.8. The third-order valence-electron chi connectivity index (χ3n) is 4.38. The summed E-state index contributed by atoms with van der Waals surface area (Å²) in [7, 11) is 0. The maximum Gasteiger partial charge on any atom is 0.218 e. The molecule has 1 atom stereocenters. The third-order valence-corrected chi connectivity index (χ3v) is 4.38. The minimum atomic E-state index is -0.248. The Morgan fingerprint density at radius 2 is 1.75 bits per heavy atom. The van der Waals surface area contributed by atoms with Crippen LogP contribution in [0.4, 0.5) is 0 Å². The minimum Gasteiger partial charge on any atom is -0.370 e. The number of amides is 1. The van der Waals surface area contributed by atoms with E-state index in [4.69, 9.17) is 5.73 Å². The molecule has 2 nitrogen and oxygen atoms in total. The predicted molar refractivity (Wildman–Crippen MR) is 80.4 cm³/mol. The zero-order valence-electron chi connectivity index (χ0n) is 11.5. The van der Waals surface area contributed by atoms with Crippen molar-refractivity contribution in [3.8, 4) is 0 Å². The minimum absolute atomic E-state index is 0.231. The number of carbonyl (C=O) groups excluding carboxylic acids is 1. The molecule has 0 radical (unpaired) electrons. The van der Waals surface area contributed by atoms with Gasteiger partial charge in [-0.15, -0.1) is 0 Å². The molecule has 1 amide bonds. The standard InChI is InChI=1S/C18H19NO/c19-17(20)13-18(15-9-2-1-3-10-15)12-6-8-14-7-4-5-11-16(14)18/h1-5,7,9-11H,6,8,12-13H2,(H2,19,20). The Bertz CT molecular complexity index is 620. The van der Waals surface area contributed by atoms with Crippen LogP contribution in [0.3, 0.4) is 0 Å². The van der Waals surface area contributed by atoms with Gasteiger partial charge in [0.1, 0.15) is 0 Å². The fourth-order valence-electron chi connectivity index (χ4n) is 3.56. The molecule has 0 saturated carbocycles. The predicted octanol–water partition coefficient (Wildman–Crippen LogP) is 3.18. The SMILES string of the molecule is NC(=O)CC1(c2ccccc2)CCCc2ccccc21. The van der Waals surface area contributed by atoms with Crippen molar-refractivity contribution in [1.82, 2.24) is 0 Å². The van der Waals surface area contributed by atoms with Crippen LogP contribution in [0, 0.1) is 0 Å². The van der Waals surface area contributed by atoms with Crippen LogP contribution in [0.2, 0.25) is 0 Å². The molecule has 2 N–H and O–H groups in total. The molecule has 20 heavy (non-hydrogen) atoms. The lowest BCUT2D eigenvalue weighted by Gasteiger charge is -2.39. The fourth-order valence-corrected chi connectivity index (χ4v) is 3.56. The first kappa shape index (κ1) is 12.9. The van der Waals surface area contributed by atoms with E-state index in [0.29, 0.717) is 6.42 Å². The molecule has 3 rings (SSSR count). The Morgan fingerprint density at radius 1 is 1.05 bits per heavy atom. The molecule has 0 heterocycles. The number of hydrogen-bond donors (Lipinski definition) is 1. The molecule has 1 aliphatic carbocycles. The number of fused-ring (bicyclic) bond motifs is 1. The van der Waals surface area contributed by atoms with Gasteiger partial charge in [0, 0.05) is 11.8 Å². The van der Waals surface area contributed by atoms with Crippen LogP contribution in [0.25, 0.3) is 0 Å². The van der Waals surface area contributed by atoms with Crippen molar-refractivity contribution < 1.29 is 4.79 Å². The molecule has 0 saturated heterocycles. The normalized spacial score (nSPS) is 21.2. The number of nitrogens with two attached hydrogens (primary N) is 1. The number of carbonyl (C=O) groups is 1. The van der Waals surface area contributed by atoms with Gasteiger partial charge >= 0.3 is 0 Å². The number of aryl methyl sites for hydroxylation is 1. The first-order chi connectivity index (χ1) is 9.72. The average molecular weight is 265 g/mol. The van der Waals surface area contributed by atoms with Gasteiger partial charge in [-0.25, -0.2) is 0 Å². The van der Waals surface area contributed by atoms with Gasteiger partial charge in [0.2, 0.25) is 5.91 Å². The maximum absolute atomic E-state index is 11.7. The van der Waals surface area contributed by atoms with Gasteiger partial charge < -0.3 is 5.73 Å². The highest BCUT2D eigenvalue weighted by Gasteiger charge is 2.39. The lowest BCUT2D eigenvalue weighted by atomic mass is 9.64. The summed E-state index contributed by atoms with van der Waals surface area (Å²) in [6.45, 7) is 0. The van der Waals surface area contributed by atoms with E-state index >= 15 is 0 Å². The van der Waals surface area contributed by atoms with Crippen molar-refractivity contribution in [3.05, 3.63) is 71.3 Å². The summed E-state index contributed by atoms with van der Waals surface area (Å²) in [5.41, 5.74) is 9.14. The summed E-state index contributed by atoms with van der Waals surface area (Å²) in [4.78, 5) is 11.7. The van der Waals surface area contributed by atoms with Crippen molar-refractivity contribution in [2.75, 3.05) is 0 Å². The maximum atomic E-state index is 11.7. The molecule has 0 spiro atoms. The van der Waals surface area contributed by atoms with Gasteiger partial charge in [-0.05, 0) is 36.0 Å². The molecule has 1 unspecified atom stereocenters. The smallest absolute Gasteiger partial charge is 0.218 e. The Labute approximate surface area is 119 Å². The van der Waals surface area contributed by atoms with E-state index in [-0.39, 0.29) is 11.3 Å². The lowest BCUT2D eigenvalue weighted by Crippen LogP contribution is -2.36. The van der Waals surface area contributed by atoms with Gasteiger partial charge in [0.25, 0.3) is 0 Å². The zero-order valence-corrected chi connectivity index (χ0v) is 11.5. The van der Waals surface area contributed by atoms with E-state index in [2.05, 4.69) is 36.4 Å². The summed E-state index contributed by atoms with van der Waals surface area (Å²) < 4.78 is 0. The second-order valence-electron chi connectivity index (χ2n) is 5.60. The Kier molecular flexibility index (Phi) is 3.31. The van der Waals surface area contributed by atoms with Crippen LogP contribution >= 0.6 is 0 Å². The highest BCUT2D eigenvalue weighted by Crippen LogP contribution is 2.44.